The minimum absolute atomic E-state index is 0.0540. The number of morpholine rings is 1. The summed E-state index contributed by atoms with van der Waals surface area (Å²) in [5.74, 6) is 0.154. The van der Waals surface area contributed by atoms with Gasteiger partial charge in [-0.3, -0.25) is 0 Å². The average molecular weight is 272 g/mol. The number of nitrogens with zero attached hydrogens (tertiary/aromatic N) is 1. The van der Waals surface area contributed by atoms with Crippen molar-refractivity contribution >= 4 is 5.69 Å². The van der Waals surface area contributed by atoms with Crippen LogP contribution in [0.2, 0.25) is 0 Å². The zero-order chi connectivity index (χ0) is 13.7. The van der Waals surface area contributed by atoms with Crippen LogP contribution in [0.25, 0.3) is 0 Å². The first kappa shape index (κ1) is 14.0. The van der Waals surface area contributed by atoms with E-state index in [9.17, 15) is 8.78 Å². The van der Waals surface area contributed by atoms with E-state index in [2.05, 4.69) is 15.0 Å². The number of halogens is 2. The summed E-state index contributed by atoms with van der Waals surface area (Å²) in [5.41, 5.74) is 0.555. The molecule has 0 aromatic heterocycles. The van der Waals surface area contributed by atoms with E-state index in [0.717, 1.165) is 13.1 Å². The Bertz CT molecular complexity index is 404. The zero-order valence-corrected chi connectivity index (χ0v) is 10.8. The van der Waals surface area contributed by atoms with Crippen molar-refractivity contribution in [3.05, 3.63) is 24.3 Å². The van der Waals surface area contributed by atoms with E-state index in [1.54, 1.807) is 18.2 Å². The van der Waals surface area contributed by atoms with Crippen molar-refractivity contribution in [1.29, 1.82) is 0 Å². The van der Waals surface area contributed by atoms with Crippen LogP contribution < -0.4 is 10.1 Å². The molecule has 4 nitrogen and oxygen atoms in total. The number of benzene rings is 1. The minimum Gasteiger partial charge on any atom is -0.433 e. The van der Waals surface area contributed by atoms with Gasteiger partial charge in [0.2, 0.25) is 0 Å². The molecule has 19 heavy (non-hydrogen) atoms. The topological polar surface area (TPSA) is 33.7 Å². The molecule has 1 heterocycles. The normalized spacial score (nSPS) is 20.5. The summed E-state index contributed by atoms with van der Waals surface area (Å²) in [4.78, 5) is 2.18. The van der Waals surface area contributed by atoms with E-state index in [1.807, 2.05) is 7.05 Å². The van der Waals surface area contributed by atoms with Crippen molar-refractivity contribution in [1.82, 2.24) is 4.90 Å². The lowest BCUT2D eigenvalue weighted by Gasteiger charge is -2.30. The van der Waals surface area contributed by atoms with Gasteiger partial charge >= 0.3 is 6.61 Å². The van der Waals surface area contributed by atoms with Crippen LogP contribution >= 0.6 is 0 Å². The first-order valence-corrected chi connectivity index (χ1v) is 6.23. The van der Waals surface area contributed by atoms with E-state index < -0.39 is 6.61 Å². The third kappa shape index (κ3) is 4.33. The van der Waals surface area contributed by atoms with Gasteiger partial charge in [0.25, 0.3) is 0 Å². The van der Waals surface area contributed by atoms with Crippen molar-refractivity contribution in [3.8, 4) is 5.75 Å². The summed E-state index contributed by atoms with van der Waals surface area (Å²) in [6, 6.07) is 6.66. The lowest BCUT2D eigenvalue weighted by Crippen LogP contribution is -2.43. The minimum atomic E-state index is -2.82. The van der Waals surface area contributed by atoms with Crippen LogP contribution in [-0.4, -0.2) is 50.9 Å². The van der Waals surface area contributed by atoms with E-state index in [4.69, 9.17) is 4.74 Å². The lowest BCUT2D eigenvalue weighted by molar-refractivity contribution is -0.0494. The van der Waals surface area contributed by atoms with Crippen molar-refractivity contribution in [2.75, 3.05) is 38.6 Å². The van der Waals surface area contributed by atoms with Gasteiger partial charge in [0.1, 0.15) is 5.75 Å². The SMILES string of the molecule is CN1CCOC(CNc2ccccc2OC(F)F)C1. The first-order valence-electron chi connectivity index (χ1n) is 6.23. The molecule has 1 atom stereocenters. The van der Waals surface area contributed by atoms with Crippen LogP contribution in [0.3, 0.4) is 0 Å². The molecule has 1 aliphatic heterocycles. The van der Waals surface area contributed by atoms with E-state index >= 15 is 0 Å². The maximum Gasteiger partial charge on any atom is 0.387 e. The smallest absolute Gasteiger partial charge is 0.387 e. The van der Waals surface area contributed by atoms with Gasteiger partial charge in [0.05, 0.1) is 18.4 Å². The first-order chi connectivity index (χ1) is 9.15. The molecular weight excluding hydrogens is 254 g/mol. The van der Waals surface area contributed by atoms with Crippen LogP contribution in [-0.2, 0) is 4.74 Å². The van der Waals surface area contributed by atoms with Crippen LogP contribution in [0.1, 0.15) is 0 Å². The van der Waals surface area contributed by atoms with Gasteiger partial charge < -0.3 is 19.7 Å². The van der Waals surface area contributed by atoms with E-state index in [-0.39, 0.29) is 11.9 Å². The molecule has 1 unspecified atom stereocenters. The number of hydrogen-bond acceptors (Lipinski definition) is 4. The van der Waals surface area contributed by atoms with Crippen LogP contribution in [0.5, 0.6) is 5.75 Å². The fraction of sp³-hybridized carbons (Fsp3) is 0.538. The molecule has 2 rings (SSSR count). The quantitative estimate of drug-likeness (QED) is 0.889. The van der Waals surface area contributed by atoms with Gasteiger partial charge in [-0.05, 0) is 19.2 Å². The van der Waals surface area contributed by atoms with Crippen LogP contribution in [0, 0.1) is 0 Å². The number of nitrogens with one attached hydrogen (secondary N) is 1. The average Bonchev–Trinajstić information content (AvgIpc) is 2.37. The summed E-state index contributed by atoms with van der Waals surface area (Å²) in [7, 11) is 2.03. The number of alkyl halides is 2. The number of rotatable bonds is 5. The van der Waals surface area contributed by atoms with Gasteiger partial charge in [-0.2, -0.15) is 8.78 Å². The fourth-order valence-corrected chi connectivity index (χ4v) is 2.03. The number of ether oxygens (including phenoxy) is 2. The fourth-order valence-electron chi connectivity index (χ4n) is 2.03. The second-order valence-corrected chi connectivity index (χ2v) is 4.51. The molecule has 1 fully saturated rings. The van der Waals surface area contributed by atoms with Crippen molar-refractivity contribution in [2.45, 2.75) is 12.7 Å². The molecule has 6 heteroatoms. The molecule has 0 amide bonds. The molecule has 106 valence electrons. The van der Waals surface area contributed by atoms with Gasteiger partial charge in [-0.1, -0.05) is 12.1 Å². The summed E-state index contributed by atoms with van der Waals surface area (Å²) in [6.45, 7) is 0.179. The molecule has 1 N–H and O–H groups in total. The number of anilines is 1. The summed E-state index contributed by atoms with van der Waals surface area (Å²) in [6.07, 6.45) is 0.0540. The van der Waals surface area contributed by atoms with E-state index in [0.29, 0.717) is 18.8 Å². The van der Waals surface area contributed by atoms with Gasteiger partial charge in [0, 0.05) is 19.6 Å². The standard InChI is InChI=1S/C13H18F2N2O2/c1-17-6-7-18-10(9-17)8-16-11-4-2-3-5-12(11)19-13(14)15/h2-5,10,13,16H,6-9H2,1H3. The predicted octanol–water partition coefficient (Wildman–Crippen LogP) is 2.03. The van der Waals surface area contributed by atoms with Crippen molar-refractivity contribution in [2.24, 2.45) is 0 Å². The highest BCUT2D eigenvalue weighted by atomic mass is 19.3. The highest BCUT2D eigenvalue weighted by Crippen LogP contribution is 2.25. The van der Waals surface area contributed by atoms with Crippen molar-refractivity contribution < 1.29 is 18.3 Å². The van der Waals surface area contributed by atoms with Gasteiger partial charge in [-0.25, -0.2) is 0 Å². The van der Waals surface area contributed by atoms with E-state index in [1.165, 1.54) is 6.07 Å². The third-order valence-electron chi connectivity index (χ3n) is 2.97. The zero-order valence-electron chi connectivity index (χ0n) is 10.8. The molecule has 1 aliphatic rings. The molecule has 0 aliphatic carbocycles. The largest absolute Gasteiger partial charge is 0.433 e. The Morgan fingerprint density at radius 1 is 1.47 bits per heavy atom. The molecule has 0 saturated carbocycles. The Kier molecular flexibility index (Phi) is 4.93. The lowest BCUT2D eigenvalue weighted by atomic mass is 10.2. The Balaban J connectivity index is 1.91. The highest BCUT2D eigenvalue weighted by molar-refractivity contribution is 5.56. The molecule has 0 spiro atoms. The maximum atomic E-state index is 12.3. The number of hydrogen-bond donors (Lipinski definition) is 1. The molecule has 0 radical (unpaired) electrons. The Morgan fingerprint density at radius 3 is 3.00 bits per heavy atom. The Hall–Kier alpha value is -1.40. The number of para-hydroxylation sites is 2. The van der Waals surface area contributed by atoms with Crippen LogP contribution in [0.4, 0.5) is 14.5 Å². The second kappa shape index (κ2) is 6.68. The third-order valence-corrected chi connectivity index (χ3v) is 2.97. The molecule has 1 saturated heterocycles. The van der Waals surface area contributed by atoms with Gasteiger partial charge in [0.15, 0.2) is 0 Å². The Labute approximate surface area is 111 Å². The molecule has 1 aromatic rings. The number of likely N-dealkylation sites (N-methyl/N-ethyl adjacent to an activating group) is 1. The summed E-state index contributed by atoms with van der Waals surface area (Å²) < 4.78 is 34.6. The highest BCUT2D eigenvalue weighted by Gasteiger charge is 2.18. The second-order valence-electron chi connectivity index (χ2n) is 4.51. The van der Waals surface area contributed by atoms with Crippen LogP contribution in [0.15, 0.2) is 24.3 Å². The summed E-state index contributed by atoms with van der Waals surface area (Å²) in [5, 5.41) is 3.10. The summed E-state index contributed by atoms with van der Waals surface area (Å²) >= 11 is 0. The van der Waals surface area contributed by atoms with Gasteiger partial charge in [-0.15, -0.1) is 0 Å². The predicted molar refractivity (Wildman–Crippen MR) is 68.8 cm³/mol. The van der Waals surface area contributed by atoms with Crippen molar-refractivity contribution in [3.63, 3.8) is 0 Å². The maximum absolute atomic E-state index is 12.3. The molecule has 1 aromatic carbocycles. The molecular formula is C13H18F2N2O2. The monoisotopic (exact) mass is 272 g/mol. The molecule has 0 bridgehead atoms. The Morgan fingerprint density at radius 2 is 2.26 bits per heavy atom.